The van der Waals surface area contributed by atoms with E-state index in [2.05, 4.69) is 5.32 Å². The first-order valence-corrected chi connectivity index (χ1v) is 5.40. The lowest BCUT2D eigenvalue weighted by Crippen LogP contribution is -2.35. The fourth-order valence-corrected chi connectivity index (χ4v) is 1.48. The Morgan fingerprint density at radius 2 is 1.82 bits per heavy atom. The number of alkyl halides is 3. The molecule has 2 nitrogen and oxygen atoms in total. The van der Waals surface area contributed by atoms with Crippen molar-refractivity contribution in [3.05, 3.63) is 29.8 Å². The highest BCUT2D eigenvalue weighted by Gasteiger charge is 2.37. The topological polar surface area (TPSA) is 32.3 Å². The van der Waals surface area contributed by atoms with E-state index in [1.807, 2.05) is 26.0 Å². The van der Waals surface area contributed by atoms with E-state index in [9.17, 15) is 13.2 Å². The molecule has 0 spiro atoms. The Bertz CT molecular complexity index is 363. The van der Waals surface area contributed by atoms with Crippen molar-refractivity contribution in [1.29, 1.82) is 0 Å². The molecule has 0 amide bonds. The van der Waals surface area contributed by atoms with E-state index in [0.29, 0.717) is 5.69 Å². The molecule has 1 rings (SSSR count). The van der Waals surface area contributed by atoms with Crippen molar-refractivity contribution in [1.82, 2.24) is 0 Å². The quantitative estimate of drug-likeness (QED) is 0.856. The molecule has 0 aliphatic heterocycles. The van der Waals surface area contributed by atoms with Crippen LogP contribution in [0.15, 0.2) is 24.3 Å². The van der Waals surface area contributed by atoms with Crippen LogP contribution in [0.25, 0.3) is 0 Å². The number of rotatable bonds is 4. The minimum absolute atomic E-state index is 0.210. The summed E-state index contributed by atoms with van der Waals surface area (Å²) < 4.78 is 36.4. The van der Waals surface area contributed by atoms with Gasteiger partial charge in [0, 0.05) is 12.2 Å². The zero-order valence-electron chi connectivity index (χ0n) is 9.75. The van der Waals surface area contributed by atoms with Crippen molar-refractivity contribution in [2.75, 3.05) is 11.9 Å². The minimum Gasteiger partial charge on any atom is -0.382 e. The van der Waals surface area contributed by atoms with E-state index < -0.39 is 18.8 Å². The Kier molecular flexibility index (Phi) is 4.40. The Labute approximate surface area is 98.5 Å². The minimum atomic E-state index is -4.58. The molecule has 0 fully saturated rings. The zero-order chi connectivity index (χ0) is 13.1. The largest absolute Gasteiger partial charge is 0.416 e. The van der Waals surface area contributed by atoms with Crippen molar-refractivity contribution in [3.8, 4) is 0 Å². The molecule has 0 bridgehead atoms. The predicted molar refractivity (Wildman–Crippen MR) is 61.1 cm³/mol. The first kappa shape index (κ1) is 13.8. The number of anilines is 1. The molecule has 0 aliphatic rings. The second-order valence-corrected chi connectivity index (χ2v) is 4.18. The van der Waals surface area contributed by atoms with E-state index in [1.165, 1.54) is 0 Å². The number of nitrogens with one attached hydrogen (secondary N) is 1. The van der Waals surface area contributed by atoms with E-state index in [1.54, 1.807) is 12.1 Å². The molecule has 2 N–H and O–H groups in total. The molecule has 0 aromatic heterocycles. The maximum Gasteiger partial charge on any atom is 0.416 e. The molecule has 0 radical (unpaired) electrons. The Morgan fingerprint density at radius 3 is 2.35 bits per heavy atom. The van der Waals surface area contributed by atoms with Gasteiger partial charge in [0.1, 0.15) is 0 Å². The summed E-state index contributed by atoms with van der Waals surface area (Å²) in [5.41, 5.74) is 1.56. The van der Waals surface area contributed by atoms with Gasteiger partial charge >= 0.3 is 6.18 Å². The second-order valence-electron chi connectivity index (χ2n) is 4.18. The van der Waals surface area contributed by atoms with Gasteiger partial charge < -0.3 is 10.4 Å². The summed E-state index contributed by atoms with van der Waals surface area (Å²) in [4.78, 5) is 0. The fraction of sp³-hybridized carbons (Fsp3) is 0.500. The molecular formula is C12H16F3NO. The number of aliphatic hydroxyl groups is 1. The SMILES string of the molecule is CC(C)c1ccccc1NCC(O)C(F)(F)F. The van der Waals surface area contributed by atoms with Crippen LogP contribution < -0.4 is 5.32 Å². The highest BCUT2D eigenvalue weighted by atomic mass is 19.4. The number of para-hydroxylation sites is 1. The van der Waals surface area contributed by atoms with E-state index >= 15 is 0 Å². The zero-order valence-corrected chi connectivity index (χ0v) is 9.75. The number of hydrogen-bond acceptors (Lipinski definition) is 2. The number of halogens is 3. The molecule has 0 heterocycles. The average molecular weight is 247 g/mol. The normalized spacial score (nSPS) is 13.8. The molecule has 1 atom stereocenters. The van der Waals surface area contributed by atoms with Crippen LogP contribution in [0.4, 0.5) is 18.9 Å². The lowest BCUT2D eigenvalue weighted by molar-refractivity contribution is -0.198. The van der Waals surface area contributed by atoms with Gasteiger partial charge in [-0.15, -0.1) is 0 Å². The van der Waals surface area contributed by atoms with Crippen molar-refractivity contribution in [3.63, 3.8) is 0 Å². The second kappa shape index (κ2) is 5.40. The molecule has 17 heavy (non-hydrogen) atoms. The molecule has 0 saturated heterocycles. The lowest BCUT2D eigenvalue weighted by atomic mass is 10.0. The van der Waals surface area contributed by atoms with Gasteiger partial charge in [-0.05, 0) is 17.5 Å². The van der Waals surface area contributed by atoms with E-state index in [-0.39, 0.29) is 5.92 Å². The summed E-state index contributed by atoms with van der Waals surface area (Å²) >= 11 is 0. The summed E-state index contributed by atoms with van der Waals surface area (Å²) in [6.07, 6.45) is -6.93. The van der Waals surface area contributed by atoms with Gasteiger partial charge in [-0.25, -0.2) is 0 Å². The van der Waals surface area contributed by atoms with Crippen molar-refractivity contribution >= 4 is 5.69 Å². The third-order valence-electron chi connectivity index (χ3n) is 2.45. The van der Waals surface area contributed by atoms with Crippen molar-refractivity contribution in [2.45, 2.75) is 32.0 Å². The van der Waals surface area contributed by atoms with Crippen molar-refractivity contribution in [2.24, 2.45) is 0 Å². The van der Waals surface area contributed by atoms with Crippen LogP contribution in [0.3, 0.4) is 0 Å². The summed E-state index contributed by atoms with van der Waals surface area (Å²) in [6, 6.07) is 7.14. The number of aliphatic hydroxyl groups excluding tert-OH is 1. The van der Waals surface area contributed by atoms with Crippen LogP contribution in [0.5, 0.6) is 0 Å². The Hall–Kier alpha value is -1.23. The number of benzene rings is 1. The molecule has 1 aromatic carbocycles. The first-order chi connectivity index (χ1) is 7.82. The summed E-state index contributed by atoms with van der Waals surface area (Å²) in [7, 11) is 0. The summed E-state index contributed by atoms with van der Waals surface area (Å²) in [5.74, 6) is 0.210. The summed E-state index contributed by atoms with van der Waals surface area (Å²) in [6.45, 7) is 3.38. The molecule has 1 unspecified atom stereocenters. The van der Waals surface area contributed by atoms with Gasteiger partial charge in [0.2, 0.25) is 0 Å². The third kappa shape index (κ3) is 3.93. The molecular weight excluding hydrogens is 231 g/mol. The monoisotopic (exact) mass is 247 g/mol. The third-order valence-corrected chi connectivity index (χ3v) is 2.45. The van der Waals surface area contributed by atoms with Gasteiger partial charge in [0.25, 0.3) is 0 Å². The molecule has 0 saturated carbocycles. The van der Waals surface area contributed by atoms with Gasteiger partial charge in [-0.3, -0.25) is 0 Å². The average Bonchev–Trinajstić information content (AvgIpc) is 2.24. The van der Waals surface area contributed by atoms with Gasteiger partial charge in [0.15, 0.2) is 6.10 Å². The van der Waals surface area contributed by atoms with Crippen LogP contribution in [-0.2, 0) is 0 Å². The fourth-order valence-electron chi connectivity index (χ4n) is 1.48. The van der Waals surface area contributed by atoms with Crippen LogP contribution >= 0.6 is 0 Å². The van der Waals surface area contributed by atoms with Crippen LogP contribution in [0.2, 0.25) is 0 Å². The summed E-state index contributed by atoms with van der Waals surface area (Å²) in [5, 5.41) is 11.5. The van der Waals surface area contributed by atoms with E-state index in [4.69, 9.17) is 5.11 Å². The Balaban J connectivity index is 2.70. The van der Waals surface area contributed by atoms with Crippen LogP contribution in [0.1, 0.15) is 25.3 Å². The highest BCUT2D eigenvalue weighted by molar-refractivity contribution is 5.52. The van der Waals surface area contributed by atoms with Crippen LogP contribution in [0, 0.1) is 0 Å². The van der Waals surface area contributed by atoms with E-state index in [0.717, 1.165) is 5.56 Å². The van der Waals surface area contributed by atoms with Gasteiger partial charge in [-0.1, -0.05) is 32.0 Å². The van der Waals surface area contributed by atoms with Gasteiger partial charge in [0.05, 0.1) is 0 Å². The van der Waals surface area contributed by atoms with Crippen LogP contribution in [-0.4, -0.2) is 23.9 Å². The smallest absolute Gasteiger partial charge is 0.382 e. The maximum atomic E-state index is 12.1. The molecule has 96 valence electrons. The maximum absolute atomic E-state index is 12.1. The standard InChI is InChI=1S/C12H16F3NO/c1-8(2)9-5-3-4-6-10(9)16-7-11(17)12(13,14)15/h3-6,8,11,16-17H,7H2,1-2H3. The lowest BCUT2D eigenvalue weighted by Gasteiger charge is -2.18. The first-order valence-electron chi connectivity index (χ1n) is 5.40. The predicted octanol–water partition coefficient (Wildman–Crippen LogP) is 3.15. The van der Waals surface area contributed by atoms with Gasteiger partial charge in [-0.2, -0.15) is 13.2 Å². The number of hydrogen-bond donors (Lipinski definition) is 2. The highest BCUT2D eigenvalue weighted by Crippen LogP contribution is 2.25. The molecule has 5 heteroatoms. The Morgan fingerprint density at radius 1 is 1.24 bits per heavy atom. The van der Waals surface area contributed by atoms with Crippen molar-refractivity contribution < 1.29 is 18.3 Å². The molecule has 1 aromatic rings. The molecule has 0 aliphatic carbocycles.